The van der Waals surface area contributed by atoms with Crippen LogP contribution in [0.2, 0.25) is 0 Å². The minimum Gasteiger partial charge on any atom is -0.335 e. The van der Waals surface area contributed by atoms with Gasteiger partial charge in [0.25, 0.3) is 0 Å². The summed E-state index contributed by atoms with van der Waals surface area (Å²) >= 11 is 1.39. The highest BCUT2D eigenvalue weighted by molar-refractivity contribution is 7.99. The zero-order valence-electron chi connectivity index (χ0n) is 18.2. The number of benzene rings is 1. The van der Waals surface area contributed by atoms with E-state index in [0.29, 0.717) is 11.6 Å². The van der Waals surface area contributed by atoms with Crippen molar-refractivity contribution in [2.24, 2.45) is 0 Å². The van der Waals surface area contributed by atoms with Gasteiger partial charge in [-0.05, 0) is 43.9 Å². The van der Waals surface area contributed by atoms with Crippen LogP contribution >= 0.6 is 11.8 Å². The minimum absolute atomic E-state index is 0.0113. The van der Waals surface area contributed by atoms with Crippen molar-refractivity contribution in [2.75, 3.05) is 17.3 Å². The molecule has 1 aliphatic carbocycles. The van der Waals surface area contributed by atoms with Crippen LogP contribution in [0.4, 0.5) is 0 Å². The van der Waals surface area contributed by atoms with Crippen molar-refractivity contribution in [1.29, 1.82) is 0 Å². The molecule has 1 aliphatic heterocycles. The lowest BCUT2D eigenvalue weighted by Crippen LogP contribution is -2.49. The first kappa shape index (κ1) is 21.7. The fourth-order valence-corrected chi connectivity index (χ4v) is 7.76. The smallest absolute Gasteiger partial charge is 0.233 e. The van der Waals surface area contributed by atoms with E-state index >= 15 is 0 Å². The third-order valence-corrected chi connectivity index (χ3v) is 9.42. The highest BCUT2D eigenvalue weighted by atomic mass is 32.2. The van der Waals surface area contributed by atoms with Gasteiger partial charge >= 0.3 is 0 Å². The number of pyridine rings is 1. The second kappa shape index (κ2) is 8.67. The van der Waals surface area contributed by atoms with Crippen molar-refractivity contribution in [3.05, 3.63) is 35.9 Å². The quantitative estimate of drug-likeness (QED) is 0.527. The average molecular weight is 473 g/mol. The number of aryl methyl sites for hydroxylation is 1. The molecule has 1 amide bonds. The standard InChI is InChI=1S/C23H28N4O3S2/c1-16-13-21-24-25-23(27(21)20-10-6-5-9-19(16)20)31-14-22(28)26(17-7-3-2-4-8-17)18-11-12-32(29,30)15-18/h5-6,9-10,13,17-18H,2-4,7-8,11-12,14-15H2,1H3/t18-/m1/s1. The first-order valence-electron chi connectivity index (χ1n) is 11.3. The number of carbonyl (C=O) groups is 1. The highest BCUT2D eigenvalue weighted by Crippen LogP contribution is 2.30. The number of nitrogens with zero attached hydrogens (tertiary/aromatic N) is 4. The van der Waals surface area contributed by atoms with E-state index in [-0.39, 0.29) is 35.2 Å². The molecular formula is C23H28N4O3S2. The molecule has 0 N–H and O–H groups in total. The molecular weight excluding hydrogens is 444 g/mol. The van der Waals surface area contributed by atoms with Crippen LogP contribution in [0.1, 0.15) is 44.1 Å². The fourth-order valence-electron chi connectivity index (χ4n) is 5.23. The molecule has 1 atom stereocenters. The summed E-state index contributed by atoms with van der Waals surface area (Å²) in [4.78, 5) is 15.4. The van der Waals surface area contributed by atoms with E-state index in [4.69, 9.17) is 0 Å². The van der Waals surface area contributed by atoms with Crippen LogP contribution in [0, 0.1) is 6.92 Å². The Balaban J connectivity index is 1.41. The first-order valence-corrected chi connectivity index (χ1v) is 14.1. The van der Waals surface area contributed by atoms with Gasteiger partial charge in [0.1, 0.15) is 0 Å². The molecule has 32 heavy (non-hydrogen) atoms. The number of sulfone groups is 1. The van der Waals surface area contributed by atoms with Gasteiger partial charge in [-0.25, -0.2) is 8.42 Å². The zero-order valence-corrected chi connectivity index (χ0v) is 19.9. The van der Waals surface area contributed by atoms with Gasteiger partial charge in [0.2, 0.25) is 5.91 Å². The topological polar surface area (TPSA) is 84.6 Å². The molecule has 5 rings (SSSR count). The SMILES string of the molecule is Cc1cc2nnc(SCC(=O)N(C3CCCCC3)[C@@H]3CCS(=O)(=O)C3)n2c2ccccc12. The Hall–Kier alpha value is -2.13. The van der Waals surface area contributed by atoms with Gasteiger partial charge in [0, 0.05) is 17.5 Å². The van der Waals surface area contributed by atoms with E-state index in [1.54, 1.807) is 0 Å². The molecule has 1 aromatic carbocycles. The molecule has 1 saturated carbocycles. The minimum atomic E-state index is -3.06. The average Bonchev–Trinajstić information content (AvgIpc) is 3.36. The van der Waals surface area contributed by atoms with Gasteiger partial charge in [0.05, 0.1) is 22.8 Å². The molecule has 2 aliphatic rings. The van der Waals surface area contributed by atoms with Crippen molar-refractivity contribution >= 4 is 44.1 Å². The van der Waals surface area contributed by atoms with Crippen LogP contribution in [0.25, 0.3) is 16.6 Å². The van der Waals surface area contributed by atoms with Gasteiger partial charge < -0.3 is 4.90 Å². The summed E-state index contributed by atoms with van der Waals surface area (Å²) in [6.45, 7) is 2.06. The predicted molar refractivity (Wildman–Crippen MR) is 127 cm³/mol. The summed E-state index contributed by atoms with van der Waals surface area (Å²) in [6, 6.07) is 10.1. The van der Waals surface area contributed by atoms with Gasteiger partial charge in [0.15, 0.2) is 20.6 Å². The summed E-state index contributed by atoms with van der Waals surface area (Å²) in [5.74, 6) is 0.520. The highest BCUT2D eigenvalue weighted by Gasteiger charge is 2.38. The van der Waals surface area contributed by atoms with E-state index in [1.165, 1.54) is 18.2 Å². The lowest BCUT2D eigenvalue weighted by Gasteiger charge is -2.38. The Bertz CT molecular complexity index is 1260. The number of rotatable bonds is 5. The Labute approximate surface area is 192 Å². The molecule has 1 saturated heterocycles. The van der Waals surface area contributed by atoms with E-state index in [9.17, 15) is 13.2 Å². The molecule has 0 bridgehead atoms. The van der Waals surface area contributed by atoms with E-state index in [2.05, 4.69) is 23.2 Å². The maximum absolute atomic E-state index is 13.4. The summed E-state index contributed by atoms with van der Waals surface area (Å²) < 4.78 is 26.3. The van der Waals surface area contributed by atoms with Gasteiger partial charge in [-0.1, -0.05) is 49.2 Å². The molecule has 7 nitrogen and oxygen atoms in total. The first-order chi connectivity index (χ1) is 15.4. The Morgan fingerprint density at radius 3 is 2.66 bits per heavy atom. The van der Waals surface area contributed by atoms with Gasteiger partial charge in [-0.2, -0.15) is 0 Å². The second-order valence-electron chi connectivity index (χ2n) is 8.96. The summed E-state index contributed by atoms with van der Waals surface area (Å²) in [5.41, 5.74) is 2.93. The number of para-hydroxylation sites is 1. The summed E-state index contributed by atoms with van der Waals surface area (Å²) in [7, 11) is -3.06. The molecule has 3 heterocycles. The maximum Gasteiger partial charge on any atom is 0.233 e. The van der Waals surface area contributed by atoms with Gasteiger partial charge in [-0.3, -0.25) is 9.20 Å². The fraction of sp³-hybridized carbons (Fsp3) is 0.522. The van der Waals surface area contributed by atoms with Crippen molar-refractivity contribution in [2.45, 2.75) is 62.7 Å². The second-order valence-corrected chi connectivity index (χ2v) is 12.1. The third-order valence-electron chi connectivity index (χ3n) is 6.76. The van der Waals surface area contributed by atoms with E-state index in [1.807, 2.05) is 33.6 Å². The van der Waals surface area contributed by atoms with Crippen LogP contribution < -0.4 is 0 Å². The van der Waals surface area contributed by atoms with Crippen LogP contribution in [-0.2, 0) is 14.6 Å². The molecule has 2 fully saturated rings. The maximum atomic E-state index is 13.4. The number of amides is 1. The predicted octanol–water partition coefficient (Wildman–Crippen LogP) is 3.63. The summed E-state index contributed by atoms with van der Waals surface area (Å²) in [6.07, 6.45) is 5.86. The monoisotopic (exact) mass is 472 g/mol. The van der Waals surface area contributed by atoms with E-state index < -0.39 is 9.84 Å². The number of hydrogen-bond donors (Lipinski definition) is 0. The van der Waals surface area contributed by atoms with Crippen molar-refractivity contribution < 1.29 is 13.2 Å². The molecule has 170 valence electrons. The normalized spacial score (nSPS) is 21.3. The van der Waals surface area contributed by atoms with Crippen LogP contribution in [0.3, 0.4) is 0 Å². The van der Waals surface area contributed by atoms with Crippen LogP contribution in [0.5, 0.6) is 0 Å². The Morgan fingerprint density at radius 2 is 1.91 bits per heavy atom. The number of thioether (sulfide) groups is 1. The molecule has 3 aromatic rings. The summed E-state index contributed by atoms with van der Waals surface area (Å²) in [5, 5.41) is 10.5. The molecule has 0 spiro atoms. The largest absolute Gasteiger partial charge is 0.335 e. The van der Waals surface area contributed by atoms with Crippen molar-refractivity contribution in [1.82, 2.24) is 19.5 Å². The molecule has 0 radical (unpaired) electrons. The third kappa shape index (κ3) is 4.12. The lowest BCUT2D eigenvalue weighted by molar-refractivity contribution is -0.133. The Morgan fingerprint density at radius 1 is 1.12 bits per heavy atom. The lowest BCUT2D eigenvalue weighted by atomic mass is 9.93. The van der Waals surface area contributed by atoms with Crippen molar-refractivity contribution in [3.8, 4) is 0 Å². The van der Waals surface area contributed by atoms with Crippen molar-refractivity contribution in [3.63, 3.8) is 0 Å². The van der Waals surface area contributed by atoms with Crippen LogP contribution in [-0.4, -0.2) is 63.2 Å². The Kier molecular flexibility index (Phi) is 5.88. The number of hydrogen-bond acceptors (Lipinski definition) is 6. The number of carbonyl (C=O) groups excluding carboxylic acids is 1. The molecule has 9 heteroatoms. The molecule has 2 aromatic heterocycles. The van der Waals surface area contributed by atoms with E-state index in [0.717, 1.165) is 47.8 Å². The number of aromatic nitrogens is 3. The zero-order chi connectivity index (χ0) is 22.3. The van der Waals surface area contributed by atoms with Crippen LogP contribution in [0.15, 0.2) is 35.5 Å². The molecule has 0 unspecified atom stereocenters. The number of fused-ring (bicyclic) bond motifs is 3. The van der Waals surface area contributed by atoms with Gasteiger partial charge in [-0.15, -0.1) is 10.2 Å².